The van der Waals surface area contributed by atoms with E-state index in [0.29, 0.717) is 6.42 Å². The first-order valence-corrected chi connectivity index (χ1v) is 4.14. The van der Waals surface area contributed by atoms with Crippen molar-refractivity contribution >= 4 is 5.91 Å². The summed E-state index contributed by atoms with van der Waals surface area (Å²) in [6, 6.07) is -0.414. The standard InChI is InChI=1S/C9H11F2NO/c1-2-3-8(13)12-7-4-5-9(10,11)6-7/h7H,4-6H2,1H3,(H,12,13). The molecule has 1 saturated carbocycles. The number of carbonyl (C=O) groups is 1. The molecule has 0 radical (unpaired) electrons. The Balaban J connectivity index is 2.39. The zero-order valence-corrected chi connectivity index (χ0v) is 7.36. The number of carbonyl (C=O) groups excluding carboxylic acids is 1. The molecule has 4 heteroatoms. The van der Waals surface area contributed by atoms with Gasteiger partial charge in [-0.15, -0.1) is 0 Å². The predicted molar refractivity (Wildman–Crippen MR) is 44.2 cm³/mol. The van der Waals surface area contributed by atoms with E-state index in [1.165, 1.54) is 6.92 Å². The van der Waals surface area contributed by atoms with Crippen LogP contribution in [-0.4, -0.2) is 17.9 Å². The van der Waals surface area contributed by atoms with Crippen molar-refractivity contribution < 1.29 is 13.6 Å². The zero-order valence-electron chi connectivity index (χ0n) is 7.36. The van der Waals surface area contributed by atoms with Crippen molar-refractivity contribution in [2.75, 3.05) is 0 Å². The Morgan fingerprint density at radius 1 is 1.62 bits per heavy atom. The second-order valence-corrected chi connectivity index (χ2v) is 3.14. The predicted octanol–water partition coefficient (Wildman–Crippen LogP) is 1.31. The van der Waals surface area contributed by atoms with Gasteiger partial charge in [0.15, 0.2) is 0 Å². The van der Waals surface area contributed by atoms with Gasteiger partial charge >= 0.3 is 0 Å². The molecule has 13 heavy (non-hydrogen) atoms. The van der Waals surface area contributed by atoms with E-state index in [1.54, 1.807) is 0 Å². The van der Waals surface area contributed by atoms with Gasteiger partial charge < -0.3 is 5.32 Å². The van der Waals surface area contributed by atoms with Crippen LogP contribution in [-0.2, 0) is 4.79 Å². The number of nitrogens with one attached hydrogen (secondary N) is 1. The molecule has 1 atom stereocenters. The van der Waals surface area contributed by atoms with Crippen LogP contribution >= 0.6 is 0 Å². The van der Waals surface area contributed by atoms with Crippen LogP contribution in [0.3, 0.4) is 0 Å². The number of hydrogen-bond donors (Lipinski definition) is 1. The minimum absolute atomic E-state index is 0.141. The SMILES string of the molecule is CC#CC(=O)NC1CCC(F)(F)C1. The van der Waals surface area contributed by atoms with Gasteiger partial charge in [-0.3, -0.25) is 4.79 Å². The first kappa shape index (κ1) is 9.97. The van der Waals surface area contributed by atoms with Crippen LogP contribution in [0, 0.1) is 11.8 Å². The summed E-state index contributed by atoms with van der Waals surface area (Å²) >= 11 is 0. The van der Waals surface area contributed by atoms with Crippen LogP contribution in [0.1, 0.15) is 26.2 Å². The highest BCUT2D eigenvalue weighted by atomic mass is 19.3. The van der Waals surface area contributed by atoms with Crippen LogP contribution in [0.5, 0.6) is 0 Å². The molecule has 1 fully saturated rings. The molecule has 0 bridgehead atoms. The van der Waals surface area contributed by atoms with Crippen molar-refractivity contribution in [2.24, 2.45) is 0 Å². The normalized spacial score (nSPS) is 24.7. The third kappa shape index (κ3) is 3.02. The first-order valence-electron chi connectivity index (χ1n) is 4.14. The van der Waals surface area contributed by atoms with Crippen molar-refractivity contribution in [2.45, 2.75) is 38.2 Å². The Morgan fingerprint density at radius 3 is 2.77 bits per heavy atom. The minimum atomic E-state index is -2.61. The van der Waals surface area contributed by atoms with Crippen molar-refractivity contribution in [3.63, 3.8) is 0 Å². The molecular weight excluding hydrogens is 176 g/mol. The number of alkyl halides is 2. The number of rotatable bonds is 1. The molecular formula is C9H11F2NO. The molecule has 0 aromatic heterocycles. The van der Waals surface area contributed by atoms with E-state index in [4.69, 9.17) is 0 Å². The molecule has 2 nitrogen and oxygen atoms in total. The summed E-state index contributed by atoms with van der Waals surface area (Å²) in [6.07, 6.45) is -0.0637. The highest BCUT2D eigenvalue weighted by molar-refractivity contribution is 5.93. The quantitative estimate of drug-likeness (QED) is 0.616. The van der Waals surface area contributed by atoms with Crippen LogP contribution in [0.4, 0.5) is 8.78 Å². The summed E-state index contributed by atoms with van der Waals surface area (Å²) in [7, 11) is 0. The van der Waals surface area contributed by atoms with Crippen LogP contribution in [0.2, 0.25) is 0 Å². The van der Waals surface area contributed by atoms with Gasteiger partial charge in [0.2, 0.25) is 5.92 Å². The molecule has 1 unspecified atom stereocenters. The van der Waals surface area contributed by atoms with E-state index < -0.39 is 17.9 Å². The maximum atomic E-state index is 12.6. The fourth-order valence-corrected chi connectivity index (χ4v) is 1.41. The molecule has 0 aliphatic heterocycles. The third-order valence-electron chi connectivity index (χ3n) is 1.98. The fourth-order valence-electron chi connectivity index (χ4n) is 1.41. The summed E-state index contributed by atoms with van der Waals surface area (Å²) in [5.41, 5.74) is 0. The summed E-state index contributed by atoms with van der Waals surface area (Å²) in [4.78, 5) is 10.9. The Kier molecular flexibility index (Phi) is 2.86. The average Bonchev–Trinajstić information content (AvgIpc) is 2.30. The lowest BCUT2D eigenvalue weighted by Crippen LogP contribution is -2.32. The maximum absolute atomic E-state index is 12.6. The lowest BCUT2D eigenvalue weighted by Gasteiger charge is -2.10. The smallest absolute Gasteiger partial charge is 0.296 e. The molecule has 0 aromatic rings. The molecule has 1 amide bonds. The second-order valence-electron chi connectivity index (χ2n) is 3.14. The first-order chi connectivity index (χ1) is 6.03. The third-order valence-corrected chi connectivity index (χ3v) is 1.98. The van der Waals surface area contributed by atoms with Gasteiger partial charge in [-0.25, -0.2) is 8.78 Å². The van der Waals surface area contributed by atoms with E-state index in [9.17, 15) is 13.6 Å². The highest BCUT2D eigenvalue weighted by Crippen LogP contribution is 2.34. The van der Waals surface area contributed by atoms with E-state index in [1.807, 2.05) is 0 Å². The van der Waals surface area contributed by atoms with E-state index in [2.05, 4.69) is 17.2 Å². The van der Waals surface area contributed by atoms with Gasteiger partial charge in [0.25, 0.3) is 5.91 Å². The summed E-state index contributed by atoms with van der Waals surface area (Å²) < 4.78 is 25.3. The molecule has 0 heterocycles. The van der Waals surface area contributed by atoms with Crippen molar-refractivity contribution in [1.82, 2.24) is 5.32 Å². The molecule has 72 valence electrons. The Hall–Kier alpha value is -1.11. The molecule has 1 N–H and O–H groups in total. The highest BCUT2D eigenvalue weighted by Gasteiger charge is 2.39. The van der Waals surface area contributed by atoms with Crippen LogP contribution in [0.25, 0.3) is 0 Å². The minimum Gasteiger partial charge on any atom is -0.342 e. The van der Waals surface area contributed by atoms with Gasteiger partial charge in [-0.05, 0) is 19.3 Å². The lowest BCUT2D eigenvalue weighted by molar-refractivity contribution is -0.116. The van der Waals surface area contributed by atoms with E-state index >= 15 is 0 Å². The number of halogens is 2. The van der Waals surface area contributed by atoms with Crippen LogP contribution < -0.4 is 5.32 Å². The lowest BCUT2D eigenvalue weighted by atomic mass is 10.2. The number of hydrogen-bond acceptors (Lipinski definition) is 1. The topological polar surface area (TPSA) is 29.1 Å². The monoisotopic (exact) mass is 187 g/mol. The van der Waals surface area contributed by atoms with Crippen molar-refractivity contribution in [3.05, 3.63) is 0 Å². The summed E-state index contributed by atoms with van der Waals surface area (Å²) in [6.45, 7) is 1.53. The summed E-state index contributed by atoms with van der Waals surface area (Å²) in [5, 5.41) is 2.44. The summed E-state index contributed by atoms with van der Waals surface area (Å²) in [5.74, 6) is 1.59. The van der Waals surface area contributed by atoms with Gasteiger partial charge in [-0.2, -0.15) is 0 Å². The van der Waals surface area contributed by atoms with Gasteiger partial charge in [-0.1, -0.05) is 5.92 Å². The zero-order chi connectivity index (χ0) is 9.90. The maximum Gasteiger partial charge on any atom is 0.296 e. The molecule has 0 spiro atoms. The Morgan fingerprint density at radius 2 is 2.31 bits per heavy atom. The van der Waals surface area contributed by atoms with Crippen LogP contribution in [0.15, 0.2) is 0 Å². The van der Waals surface area contributed by atoms with Crippen molar-refractivity contribution in [3.8, 4) is 11.8 Å². The molecule has 0 saturated heterocycles. The fraction of sp³-hybridized carbons (Fsp3) is 0.667. The number of amides is 1. The Bertz CT molecular complexity index is 265. The second kappa shape index (κ2) is 3.73. The molecule has 1 aliphatic carbocycles. The Labute approximate surface area is 75.7 Å². The van der Waals surface area contributed by atoms with Gasteiger partial charge in [0.1, 0.15) is 0 Å². The molecule has 1 rings (SSSR count). The van der Waals surface area contributed by atoms with Gasteiger partial charge in [0, 0.05) is 18.9 Å². The molecule has 1 aliphatic rings. The van der Waals surface area contributed by atoms with Crippen molar-refractivity contribution in [1.29, 1.82) is 0 Å². The van der Waals surface area contributed by atoms with Gasteiger partial charge in [0.05, 0.1) is 0 Å². The van der Waals surface area contributed by atoms with E-state index in [0.717, 1.165) is 0 Å². The largest absolute Gasteiger partial charge is 0.342 e. The average molecular weight is 187 g/mol. The van der Waals surface area contributed by atoms with E-state index in [-0.39, 0.29) is 12.8 Å². The molecule has 0 aromatic carbocycles.